The monoisotopic (exact) mass is 434 g/mol. The highest BCUT2D eigenvalue weighted by Gasteiger charge is 2.10. The molecule has 0 aliphatic heterocycles. The molecule has 0 aliphatic rings. The minimum atomic E-state index is -0.159. The molecule has 1 N–H and O–H groups in total. The maximum absolute atomic E-state index is 12.4. The van der Waals surface area contributed by atoms with Gasteiger partial charge >= 0.3 is 0 Å². The number of benzene rings is 2. The fourth-order valence-electron chi connectivity index (χ4n) is 3.13. The van der Waals surface area contributed by atoms with Crippen molar-refractivity contribution in [1.29, 1.82) is 0 Å². The summed E-state index contributed by atoms with van der Waals surface area (Å²) >= 11 is 1.38. The molecule has 0 unspecified atom stereocenters. The number of fused-ring (bicyclic) bond motifs is 1. The second-order valence-corrected chi connectivity index (χ2v) is 7.82. The zero-order valence-corrected chi connectivity index (χ0v) is 17.9. The average Bonchev–Trinajstić information content (AvgIpc) is 3.26. The summed E-state index contributed by atoms with van der Waals surface area (Å²) in [6, 6.07) is 15.0. The molecule has 158 valence electrons. The number of para-hydroxylation sites is 1. The van der Waals surface area contributed by atoms with Crippen molar-refractivity contribution in [1.82, 2.24) is 14.8 Å². The third kappa shape index (κ3) is 4.97. The zero-order chi connectivity index (χ0) is 21.6. The first-order chi connectivity index (χ1) is 15.1. The number of thiazole rings is 1. The molecule has 0 aliphatic carbocycles. The summed E-state index contributed by atoms with van der Waals surface area (Å²) in [6.45, 7) is 3.12. The van der Waals surface area contributed by atoms with Gasteiger partial charge in [0, 0.05) is 22.8 Å². The maximum Gasteiger partial charge on any atom is 0.228 e. The van der Waals surface area contributed by atoms with Crippen LogP contribution in [0.4, 0.5) is 5.13 Å². The van der Waals surface area contributed by atoms with Gasteiger partial charge in [0.05, 0.1) is 30.6 Å². The number of aromatic nitrogens is 3. The molecule has 2 aromatic carbocycles. The third-order valence-corrected chi connectivity index (χ3v) is 5.44. The van der Waals surface area contributed by atoms with Crippen molar-refractivity contribution in [3.63, 3.8) is 0 Å². The molecule has 0 radical (unpaired) electrons. The Morgan fingerprint density at radius 2 is 1.97 bits per heavy atom. The molecule has 1 amide bonds. The second-order valence-electron chi connectivity index (χ2n) is 6.96. The van der Waals surface area contributed by atoms with E-state index in [1.807, 2.05) is 47.8 Å². The quantitative estimate of drug-likeness (QED) is 0.446. The first kappa shape index (κ1) is 20.7. The van der Waals surface area contributed by atoms with Crippen LogP contribution in [0.3, 0.4) is 0 Å². The third-order valence-electron chi connectivity index (χ3n) is 4.69. The topological polar surface area (TPSA) is 86.1 Å². The number of rotatable bonds is 8. The van der Waals surface area contributed by atoms with Crippen molar-refractivity contribution in [2.24, 2.45) is 0 Å². The molecule has 0 bridgehead atoms. The van der Waals surface area contributed by atoms with Gasteiger partial charge in [0.25, 0.3) is 0 Å². The van der Waals surface area contributed by atoms with E-state index < -0.39 is 0 Å². The first-order valence-corrected chi connectivity index (χ1v) is 11.0. The van der Waals surface area contributed by atoms with E-state index in [2.05, 4.69) is 22.3 Å². The molecule has 0 atom stereocenters. The Kier molecular flexibility index (Phi) is 6.37. The lowest BCUT2D eigenvalue weighted by atomic mass is 10.2. The van der Waals surface area contributed by atoms with Gasteiger partial charge < -0.3 is 10.1 Å². The van der Waals surface area contributed by atoms with E-state index in [4.69, 9.17) is 4.74 Å². The summed E-state index contributed by atoms with van der Waals surface area (Å²) < 4.78 is 7.27. The predicted molar refractivity (Wildman–Crippen MR) is 123 cm³/mol. The number of anilines is 1. The van der Waals surface area contributed by atoms with Crippen molar-refractivity contribution in [2.75, 3.05) is 11.9 Å². The molecule has 0 saturated carbocycles. The Bertz CT molecular complexity index is 1250. The van der Waals surface area contributed by atoms with Gasteiger partial charge in [0.15, 0.2) is 5.13 Å². The molecule has 8 heteroatoms. The predicted octanol–water partition coefficient (Wildman–Crippen LogP) is 4.34. The van der Waals surface area contributed by atoms with E-state index in [0.29, 0.717) is 29.2 Å². The molecule has 2 aromatic heterocycles. The molecule has 31 heavy (non-hydrogen) atoms. The normalized spacial score (nSPS) is 10.9. The molecule has 2 heterocycles. The summed E-state index contributed by atoms with van der Waals surface area (Å²) in [4.78, 5) is 28.9. The van der Waals surface area contributed by atoms with Crippen LogP contribution in [-0.4, -0.2) is 27.3 Å². The van der Waals surface area contributed by atoms with Crippen molar-refractivity contribution >= 4 is 33.3 Å². The van der Waals surface area contributed by atoms with Crippen LogP contribution in [0.5, 0.6) is 5.75 Å². The average molecular weight is 435 g/mol. The summed E-state index contributed by atoms with van der Waals surface area (Å²) in [5.41, 5.74) is 2.35. The van der Waals surface area contributed by atoms with E-state index in [1.54, 1.807) is 10.7 Å². The number of amides is 1. The molecule has 0 fully saturated rings. The van der Waals surface area contributed by atoms with Gasteiger partial charge in [-0.15, -0.1) is 11.3 Å². The number of carbonyl (C=O) groups is 1. The largest absolute Gasteiger partial charge is 0.494 e. The van der Waals surface area contributed by atoms with Gasteiger partial charge in [0.1, 0.15) is 5.75 Å². The maximum atomic E-state index is 12.4. The van der Waals surface area contributed by atoms with Crippen LogP contribution in [0.2, 0.25) is 0 Å². The van der Waals surface area contributed by atoms with Crippen molar-refractivity contribution in [3.8, 4) is 17.0 Å². The van der Waals surface area contributed by atoms with Crippen LogP contribution >= 0.6 is 11.3 Å². The summed E-state index contributed by atoms with van der Waals surface area (Å²) in [5, 5.41) is 10.0. The lowest BCUT2D eigenvalue weighted by Gasteiger charge is -2.08. The molecule has 4 rings (SSSR count). The minimum Gasteiger partial charge on any atom is -0.494 e. The van der Waals surface area contributed by atoms with Crippen LogP contribution in [0, 0.1) is 0 Å². The van der Waals surface area contributed by atoms with Crippen LogP contribution < -0.4 is 15.5 Å². The van der Waals surface area contributed by atoms with E-state index in [-0.39, 0.29) is 17.8 Å². The van der Waals surface area contributed by atoms with E-state index in [0.717, 1.165) is 23.4 Å². The Morgan fingerprint density at radius 1 is 1.16 bits per heavy atom. The summed E-state index contributed by atoms with van der Waals surface area (Å²) in [5.74, 6) is 0.673. The first-order valence-electron chi connectivity index (χ1n) is 10.1. The number of nitrogens with zero attached hydrogens (tertiary/aromatic N) is 3. The molecule has 0 saturated heterocycles. The number of ether oxygens (including phenoxy) is 1. The molecule has 4 aromatic rings. The highest BCUT2D eigenvalue weighted by atomic mass is 32.1. The number of hydrogen-bond acceptors (Lipinski definition) is 6. The molecule has 0 spiro atoms. The fourth-order valence-corrected chi connectivity index (χ4v) is 3.87. The van der Waals surface area contributed by atoms with Gasteiger partial charge in [-0.25, -0.2) is 4.98 Å². The van der Waals surface area contributed by atoms with E-state index >= 15 is 0 Å². The highest BCUT2D eigenvalue weighted by Crippen LogP contribution is 2.26. The van der Waals surface area contributed by atoms with Gasteiger partial charge in [-0.05, 0) is 42.8 Å². The second kappa shape index (κ2) is 9.53. The van der Waals surface area contributed by atoms with Crippen LogP contribution in [0.15, 0.2) is 64.9 Å². The number of nitrogens with one attached hydrogen (secondary N) is 1. The summed E-state index contributed by atoms with van der Waals surface area (Å²) in [6.07, 6.45) is 2.47. The zero-order valence-electron chi connectivity index (χ0n) is 17.1. The summed E-state index contributed by atoms with van der Waals surface area (Å²) in [7, 11) is 0. The Morgan fingerprint density at radius 3 is 2.77 bits per heavy atom. The molecule has 7 nitrogen and oxygen atoms in total. The van der Waals surface area contributed by atoms with Crippen molar-refractivity contribution in [3.05, 3.63) is 70.3 Å². The van der Waals surface area contributed by atoms with Gasteiger partial charge in [-0.3, -0.25) is 14.3 Å². The molecular weight excluding hydrogens is 412 g/mol. The smallest absolute Gasteiger partial charge is 0.228 e. The molecular formula is C23H22N4O3S. The lowest BCUT2D eigenvalue weighted by molar-refractivity contribution is -0.116. The van der Waals surface area contributed by atoms with Crippen LogP contribution in [0.25, 0.3) is 22.2 Å². The lowest BCUT2D eigenvalue weighted by Crippen LogP contribution is -2.17. The Hall–Kier alpha value is -3.52. The van der Waals surface area contributed by atoms with Crippen LogP contribution in [0.1, 0.15) is 19.8 Å². The SMILES string of the molecule is CCCOc1ccc(-c2csc(NC(=O)CCn3ncc(=O)c4ccccc43)n2)cc1. The standard InChI is InChI=1S/C23H22N4O3S/c1-2-13-30-17-9-7-16(8-10-17)19-15-31-23(25-19)26-22(29)11-12-27-20-6-4-3-5-18(20)21(28)14-24-27/h3-10,14-15H,2,11-13H2,1H3,(H,25,26,29). The van der Waals surface area contributed by atoms with Crippen LogP contribution in [-0.2, 0) is 11.3 Å². The van der Waals surface area contributed by atoms with Gasteiger partial charge in [-0.2, -0.15) is 5.10 Å². The Balaban J connectivity index is 1.37. The van der Waals surface area contributed by atoms with E-state index in [9.17, 15) is 9.59 Å². The highest BCUT2D eigenvalue weighted by molar-refractivity contribution is 7.14. The van der Waals surface area contributed by atoms with Gasteiger partial charge in [-0.1, -0.05) is 19.1 Å². The van der Waals surface area contributed by atoms with E-state index in [1.165, 1.54) is 17.5 Å². The number of hydrogen-bond donors (Lipinski definition) is 1. The number of aryl methyl sites for hydroxylation is 1. The van der Waals surface area contributed by atoms with Crippen molar-refractivity contribution < 1.29 is 9.53 Å². The van der Waals surface area contributed by atoms with Gasteiger partial charge in [0.2, 0.25) is 11.3 Å². The fraction of sp³-hybridized carbons (Fsp3) is 0.217. The number of carbonyl (C=O) groups excluding carboxylic acids is 1. The Labute approximate surface area is 183 Å². The van der Waals surface area contributed by atoms with Crippen molar-refractivity contribution in [2.45, 2.75) is 26.3 Å². The minimum absolute atomic E-state index is 0.128.